The van der Waals surface area contributed by atoms with Gasteiger partial charge in [0.25, 0.3) is 0 Å². The topological polar surface area (TPSA) is 55.1 Å². The SMILES string of the molecule is NC(=O)C1Cc2cc[c]cc2CCN1. The van der Waals surface area contributed by atoms with E-state index in [1.807, 2.05) is 18.2 Å². The predicted molar refractivity (Wildman–Crippen MR) is 53.7 cm³/mol. The van der Waals surface area contributed by atoms with Crippen molar-refractivity contribution in [3.8, 4) is 0 Å². The maximum absolute atomic E-state index is 11.1. The van der Waals surface area contributed by atoms with Crippen LogP contribution in [0.1, 0.15) is 11.1 Å². The van der Waals surface area contributed by atoms with Crippen molar-refractivity contribution in [1.29, 1.82) is 0 Å². The molecule has 0 aliphatic carbocycles. The second-order valence-corrected chi connectivity index (χ2v) is 3.56. The molecule has 1 atom stereocenters. The van der Waals surface area contributed by atoms with Gasteiger partial charge in [0.15, 0.2) is 0 Å². The van der Waals surface area contributed by atoms with Crippen molar-refractivity contribution in [2.45, 2.75) is 18.9 Å². The van der Waals surface area contributed by atoms with Crippen LogP contribution in [0.15, 0.2) is 18.2 Å². The predicted octanol–water partition coefficient (Wildman–Crippen LogP) is 0.0289. The molecule has 1 aliphatic rings. The first kappa shape index (κ1) is 9.21. The number of fused-ring (bicyclic) bond motifs is 1. The van der Waals surface area contributed by atoms with E-state index in [4.69, 9.17) is 5.73 Å². The Morgan fingerprint density at radius 1 is 1.57 bits per heavy atom. The molecule has 73 valence electrons. The number of nitrogens with one attached hydrogen (secondary N) is 1. The average Bonchev–Trinajstić information content (AvgIpc) is 2.39. The lowest BCUT2D eigenvalue weighted by Gasteiger charge is -2.11. The highest BCUT2D eigenvalue weighted by molar-refractivity contribution is 5.80. The molecule has 1 heterocycles. The van der Waals surface area contributed by atoms with Gasteiger partial charge >= 0.3 is 0 Å². The summed E-state index contributed by atoms with van der Waals surface area (Å²) in [6.07, 6.45) is 1.63. The first-order valence-corrected chi connectivity index (χ1v) is 4.78. The Morgan fingerprint density at radius 2 is 2.43 bits per heavy atom. The molecule has 0 aromatic heterocycles. The van der Waals surface area contributed by atoms with Crippen molar-refractivity contribution in [2.75, 3.05) is 6.54 Å². The van der Waals surface area contributed by atoms with Crippen LogP contribution in [0.2, 0.25) is 0 Å². The largest absolute Gasteiger partial charge is 0.368 e. The quantitative estimate of drug-likeness (QED) is 0.655. The lowest BCUT2D eigenvalue weighted by atomic mass is 10.0. The van der Waals surface area contributed by atoms with Crippen molar-refractivity contribution in [3.63, 3.8) is 0 Å². The number of rotatable bonds is 1. The number of hydrogen-bond acceptors (Lipinski definition) is 2. The van der Waals surface area contributed by atoms with Gasteiger partial charge in [-0.05, 0) is 36.6 Å². The first-order valence-electron chi connectivity index (χ1n) is 4.78. The van der Waals surface area contributed by atoms with Crippen LogP contribution in [0.5, 0.6) is 0 Å². The van der Waals surface area contributed by atoms with Crippen molar-refractivity contribution < 1.29 is 4.79 Å². The number of carbonyl (C=O) groups is 1. The highest BCUT2D eigenvalue weighted by Crippen LogP contribution is 2.14. The Kier molecular flexibility index (Phi) is 2.50. The fourth-order valence-electron chi connectivity index (χ4n) is 1.80. The van der Waals surface area contributed by atoms with Gasteiger partial charge in [-0.3, -0.25) is 4.79 Å². The van der Waals surface area contributed by atoms with Crippen LogP contribution in [-0.4, -0.2) is 18.5 Å². The minimum absolute atomic E-state index is 0.223. The molecule has 1 aromatic carbocycles. The molecule has 14 heavy (non-hydrogen) atoms. The molecule has 0 bridgehead atoms. The zero-order valence-electron chi connectivity index (χ0n) is 7.92. The van der Waals surface area contributed by atoms with E-state index in [0.29, 0.717) is 6.42 Å². The van der Waals surface area contributed by atoms with Gasteiger partial charge in [0.1, 0.15) is 0 Å². The monoisotopic (exact) mass is 189 g/mol. The molecule has 1 radical (unpaired) electrons. The third-order valence-electron chi connectivity index (χ3n) is 2.60. The molecule has 1 aliphatic heterocycles. The van der Waals surface area contributed by atoms with Crippen LogP contribution in [0.4, 0.5) is 0 Å². The zero-order chi connectivity index (χ0) is 9.97. The fourth-order valence-corrected chi connectivity index (χ4v) is 1.80. The van der Waals surface area contributed by atoms with Gasteiger partial charge in [-0.25, -0.2) is 0 Å². The van der Waals surface area contributed by atoms with Crippen LogP contribution in [0.3, 0.4) is 0 Å². The lowest BCUT2D eigenvalue weighted by molar-refractivity contribution is -0.119. The van der Waals surface area contributed by atoms with Gasteiger partial charge in [-0.2, -0.15) is 0 Å². The molecule has 2 rings (SSSR count). The molecule has 0 saturated heterocycles. The van der Waals surface area contributed by atoms with Crippen LogP contribution >= 0.6 is 0 Å². The summed E-state index contributed by atoms with van der Waals surface area (Å²) in [6.45, 7) is 0.804. The second-order valence-electron chi connectivity index (χ2n) is 3.56. The Morgan fingerprint density at radius 3 is 3.21 bits per heavy atom. The third-order valence-corrected chi connectivity index (χ3v) is 2.60. The van der Waals surface area contributed by atoms with E-state index in [9.17, 15) is 4.79 Å². The summed E-state index contributed by atoms with van der Waals surface area (Å²) in [5.74, 6) is -0.273. The molecule has 0 saturated carbocycles. The number of hydrogen-bond donors (Lipinski definition) is 2. The average molecular weight is 189 g/mol. The summed E-state index contributed by atoms with van der Waals surface area (Å²) in [5.41, 5.74) is 7.76. The van der Waals surface area contributed by atoms with Crippen molar-refractivity contribution in [2.24, 2.45) is 5.73 Å². The molecule has 3 nitrogen and oxygen atoms in total. The van der Waals surface area contributed by atoms with E-state index in [0.717, 1.165) is 13.0 Å². The zero-order valence-corrected chi connectivity index (χ0v) is 7.92. The van der Waals surface area contributed by atoms with E-state index in [1.54, 1.807) is 0 Å². The minimum atomic E-state index is -0.273. The summed E-state index contributed by atoms with van der Waals surface area (Å²) < 4.78 is 0. The molecule has 1 aromatic rings. The summed E-state index contributed by atoms with van der Waals surface area (Å²) in [4.78, 5) is 11.1. The van der Waals surface area contributed by atoms with Gasteiger partial charge in [0.2, 0.25) is 5.91 Å². The standard InChI is InChI=1S/C11H13N2O/c12-11(14)10-7-9-4-2-1-3-8(9)5-6-13-10/h2-4,10,13H,5-7H2,(H2,12,14). The third kappa shape index (κ3) is 1.77. The first-order chi connectivity index (χ1) is 6.77. The molecular formula is C11H13N2O. The molecule has 3 N–H and O–H groups in total. The van der Waals surface area contributed by atoms with E-state index < -0.39 is 0 Å². The summed E-state index contributed by atoms with van der Waals surface area (Å²) in [7, 11) is 0. The summed E-state index contributed by atoms with van der Waals surface area (Å²) in [5, 5.41) is 3.14. The van der Waals surface area contributed by atoms with Crippen molar-refractivity contribution in [1.82, 2.24) is 5.32 Å². The van der Waals surface area contributed by atoms with E-state index in [-0.39, 0.29) is 11.9 Å². The maximum atomic E-state index is 11.1. The van der Waals surface area contributed by atoms with E-state index >= 15 is 0 Å². The number of amides is 1. The minimum Gasteiger partial charge on any atom is -0.368 e. The van der Waals surface area contributed by atoms with Crippen molar-refractivity contribution in [3.05, 3.63) is 35.4 Å². The summed E-state index contributed by atoms with van der Waals surface area (Å²) in [6, 6.07) is 8.70. The molecule has 3 heteroatoms. The fraction of sp³-hybridized carbons (Fsp3) is 0.364. The Labute approximate surface area is 83.3 Å². The van der Waals surface area contributed by atoms with Crippen LogP contribution in [0.25, 0.3) is 0 Å². The lowest BCUT2D eigenvalue weighted by Crippen LogP contribution is -2.42. The molecule has 1 amide bonds. The van der Waals surface area contributed by atoms with Crippen LogP contribution < -0.4 is 11.1 Å². The Bertz CT molecular complexity index is 349. The van der Waals surface area contributed by atoms with Gasteiger partial charge in [0, 0.05) is 0 Å². The Balaban J connectivity index is 2.26. The number of carbonyl (C=O) groups excluding carboxylic acids is 1. The Hall–Kier alpha value is -1.35. The second kappa shape index (κ2) is 3.80. The van der Waals surface area contributed by atoms with Crippen molar-refractivity contribution >= 4 is 5.91 Å². The van der Waals surface area contributed by atoms with E-state index in [1.165, 1.54) is 11.1 Å². The molecule has 0 fully saturated rings. The number of nitrogens with two attached hydrogens (primary N) is 1. The summed E-state index contributed by atoms with van der Waals surface area (Å²) >= 11 is 0. The van der Waals surface area contributed by atoms with Gasteiger partial charge in [0.05, 0.1) is 6.04 Å². The van der Waals surface area contributed by atoms with E-state index in [2.05, 4.69) is 11.4 Å². The van der Waals surface area contributed by atoms with Crippen LogP contribution in [0, 0.1) is 6.07 Å². The highest BCUT2D eigenvalue weighted by Gasteiger charge is 2.19. The highest BCUT2D eigenvalue weighted by atomic mass is 16.1. The number of benzene rings is 1. The smallest absolute Gasteiger partial charge is 0.234 e. The maximum Gasteiger partial charge on any atom is 0.234 e. The number of primary amides is 1. The van der Waals surface area contributed by atoms with Gasteiger partial charge < -0.3 is 11.1 Å². The molecule has 1 unspecified atom stereocenters. The molecule has 0 spiro atoms. The molecular weight excluding hydrogens is 176 g/mol. The van der Waals surface area contributed by atoms with Crippen LogP contribution in [-0.2, 0) is 17.6 Å². The van der Waals surface area contributed by atoms with Gasteiger partial charge in [-0.15, -0.1) is 0 Å². The van der Waals surface area contributed by atoms with Gasteiger partial charge in [-0.1, -0.05) is 18.2 Å². The normalized spacial score (nSPS) is 21.0.